The van der Waals surface area contributed by atoms with Gasteiger partial charge in [0.25, 0.3) is 7.82 Å². The van der Waals surface area contributed by atoms with E-state index in [1.807, 2.05) is 21.1 Å². The van der Waals surface area contributed by atoms with Crippen molar-refractivity contribution in [2.24, 2.45) is 0 Å². The Morgan fingerprint density at radius 3 is 1.38 bits per heavy atom. The predicted octanol–water partition coefficient (Wildman–Crippen LogP) is 15.0. The predicted molar refractivity (Wildman–Crippen MR) is 268 cm³/mol. The first kappa shape index (κ1) is 60.7. The van der Waals surface area contributed by atoms with Crippen LogP contribution in [0.5, 0.6) is 0 Å². The molecule has 0 amide bonds. The molecule has 0 saturated heterocycles. The van der Waals surface area contributed by atoms with Gasteiger partial charge in [-0.1, -0.05) is 182 Å². The summed E-state index contributed by atoms with van der Waals surface area (Å²) in [5.41, 5.74) is 0. The molecule has 8 nitrogen and oxygen atoms in total. The molecular weight excluding hydrogens is 806 g/mol. The van der Waals surface area contributed by atoms with E-state index in [-0.39, 0.29) is 25.8 Å². The topological polar surface area (TPSA) is 94.1 Å². The standard InChI is InChI=1S/C54H96NO7P/c1-6-8-10-12-14-16-18-20-22-24-26-28-29-31-33-35-37-39-41-43-45-47-54(56)62-53(52-61-63(57,58)60-50-48-55(3,4)5)51-59-49-46-44-42-40-38-36-34-32-30-27-25-23-21-19-17-15-13-11-9-7-2/h9,11,15,17-18,20-21,23-24,26-27,30,34,36,53H,6-8,10,12-14,16,19,22,25,28-29,31-33,35,37-52H2,1-5H3/b11-9-,17-15-,20-18-,23-21-,26-24-,30-27-,36-34-. The lowest BCUT2D eigenvalue weighted by atomic mass is 10.1. The SMILES string of the molecule is CC/C=C\C/C=C\C/C=C\C/C=C\C/C=C\CCCCCCOCC(COP(=O)([O-])OCC[N+](C)(C)C)OC(=O)CCCCCCCCCCC/C=C\C/C=C\CCCCCCC. The maximum Gasteiger partial charge on any atom is 0.306 e. The van der Waals surface area contributed by atoms with Crippen LogP contribution < -0.4 is 4.89 Å². The molecular formula is C54H96NO7P. The number of carbonyl (C=O) groups is 1. The van der Waals surface area contributed by atoms with Gasteiger partial charge in [0.15, 0.2) is 0 Å². The first-order valence-corrected chi connectivity index (χ1v) is 26.8. The van der Waals surface area contributed by atoms with E-state index in [1.54, 1.807) is 0 Å². The van der Waals surface area contributed by atoms with Gasteiger partial charge in [-0.3, -0.25) is 9.36 Å². The molecule has 0 heterocycles. The lowest BCUT2D eigenvalue weighted by Gasteiger charge is -2.28. The number of phosphoric ester groups is 1. The van der Waals surface area contributed by atoms with Crippen LogP contribution in [0.2, 0.25) is 0 Å². The molecule has 0 rings (SSSR count). The summed E-state index contributed by atoms with van der Waals surface area (Å²) in [4.78, 5) is 25.2. The third-order valence-electron chi connectivity index (χ3n) is 10.4. The van der Waals surface area contributed by atoms with Crippen LogP contribution in [0.4, 0.5) is 0 Å². The number of rotatable bonds is 46. The minimum absolute atomic E-state index is 0.0154. The molecule has 0 spiro atoms. The number of phosphoric acid groups is 1. The summed E-state index contributed by atoms with van der Waals surface area (Å²) in [6, 6.07) is 0. The van der Waals surface area contributed by atoms with Crippen molar-refractivity contribution < 1.29 is 37.3 Å². The van der Waals surface area contributed by atoms with Crippen molar-refractivity contribution in [2.75, 3.05) is 54.1 Å². The summed E-state index contributed by atoms with van der Waals surface area (Å²) in [5, 5.41) is 0. The first-order chi connectivity index (χ1) is 30.6. The van der Waals surface area contributed by atoms with Crippen LogP contribution in [0.1, 0.15) is 194 Å². The number of allylic oxidation sites excluding steroid dienone is 14. The largest absolute Gasteiger partial charge is 0.756 e. The Morgan fingerprint density at radius 2 is 0.921 bits per heavy atom. The molecule has 0 aliphatic carbocycles. The molecule has 9 heteroatoms. The van der Waals surface area contributed by atoms with E-state index in [0.717, 1.165) is 89.9 Å². The molecule has 0 aromatic heterocycles. The lowest BCUT2D eigenvalue weighted by molar-refractivity contribution is -0.870. The highest BCUT2D eigenvalue weighted by Gasteiger charge is 2.20. The maximum atomic E-state index is 12.7. The minimum Gasteiger partial charge on any atom is -0.756 e. The number of quaternary nitrogens is 1. The van der Waals surface area contributed by atoms with Crippen molar-refractivity contribution in [2.45, 2.75) is 200 Å². The number of hydrogen-bond donors (Lipinski definition) is 0. The van der Waals surface area contributed by atoms with E-state index >= 15 is 0 Å². The highest BCUT2D eigenvalue weighted by molar-refractivity contribution is 7.45. The molecule has 0 radical (unpaired) electrons. The van der Waals surface area contributed by atoms with Gasteiger partial charge in [-0.15, -0.1) is 0 Å². The second-order valence-corrected chi connectivity index (χ2v) is 19.2. The summed E-state index contributed by atoms with van der Waals surface area (Å²) in [6.45, 7) is 5.21. The van der Waals surface area contributed by atoms with Crippen molar-refractivity contribution in [3.63, 3.8) is 0 Å². The summed E-state index contributed by atoms with van der Waals surface area (Å²) in [5.74, 6) is -0.350. The van der Waals surface area contributed by atoms with Crippen LogP contribution in [-0.4, -0.2) is 70.7 Å². The van der Waals surface area contributed by atoms with Crippen LogP contribution in [0.3, 0.4) is 0 Å². The van der Waals surface area contributed by atoms with Crippen LogP contribution in [-0.2, 0) is 27.9 Å². The Bertz CT molecular complexity index is 1280. The molecule has 0 aliphatic heterocycles. The smallest absolute Gasteiger partial charge is 0.306 e. The summed E-state index contributed by atoms with van der Waals surface area (Å²) in [7, 11) is 1.32. The van der Waals surface area contributed by atoms with Gasteiger partial charge in [-0.05, 0) is 89.9 Å². The normalized spacial score (nSPS) is 14.3. The molecule has 0 aromatic rings. The van der Waals surface area contributed by atoms with E-state index in [2.05, 4.69) is 98.9 Å². The van der Waals surface area contributed by atoms with E-state index in [1.165, 1.54) is 83.5 Å². The Labute approximate surface area is 388 Å². The molecule has 0 aliphatic rings. The van der Waals surface area contributed by atoms with Gasteiger partial charge >= 0.3 is 5.97 Å². The molecule has 0 saturated carbocycles. The fourth-order valence-electron chi connectivity index (χ4n) is 6.54. The number of carbonyl (C=O) groups excluding carboxylic acids is 1. The second-order valence-electron chi connectivity index (χ2n) is 17.8. The van der Waals surface area contributed by atoms with Crippen molar-refractivity contribution in [1.82, 2.24) is 0 Å². The van der Waals surface area contributed by atoms with E-state index < -0.39 is 13.9 Å². The zero-order valence-corrected chi connectivity index (χ0v) is 42.1. The third kappa shape index (κ3) is 50.5. The first-order valence-electron chi connectivity index (χ1n) is 25.3. The Balaban J connectivity index is 4.24. The molecule has 63 heavy (non-hydrogen) atoms. The second kappa shape index (κ2) is 46.2. The zero-order valence-electron chi connectivity index (χ0n) is 41.2. The van der Waals surface area contributed by atoms with Crippen molar-refractivity contribution in [3.05, 3.63) is 85.1 Å². The molecule has 0 fully saturated rings. The number of hydrogen-bond acceptors (Lipinski definition) is 7. The average molecular weight is 902 g/mol. The zero-order chi connectivity index (χ0) is 46.2. The Hall–Kier alpha value is -2.32. The number of nitrogens with zero attached hydrogens (tertiary/aromatic N) is 1. The summed E-state index contributed by atoms with van der Waals surface area (Å²) >= 11 is 0. The van der Waals surface area contributed by atoms with Gasteiger partial charge in [0, 0.05) is 13.0 Å². The van der Waals surface area contributed by atoms with E-state index in [9.17, 15) is 14.3 Å². The monoisotopic (exact) mass is 902 g/mol. The Kier molecular flexibility index (Phi) is 44.5. The fourth-order valence-corrected chi connectivity index (χ4v) is 7.27. The summed E-state index contributed by atoms with van der Waals surface area (Å²) in [6.07, 6.45) is 61.7. The van der Waals surface area contributed by atoms with Gasteiger partial charge in [-0.25, -0.2) is 0 Å². The van der Waals surface area contributed by atoms with Crippen molar-refractivity contribution >= 4 is 13.8 Å². The minimum atomic E-state index is -4.54. The van der Waals surface area contributed by atoms with Gasteiger partial charge < -0.3 is 27.9 Å². The van der Waals surface area contributed by atoms with Crippen molar-refractivity contribution in [1.29, 1.82) is 0 Å². The molecule has 0 N–H and O–H groups in total. The van der Waals surface area contributed by atoms with E-state index in [0.29, 0.717) is 24.1 Å². The molecule has 2 atom stereocenters. The van der Waals surface area contributed by atoms with Crippen molar-refractivity contribution in [3.8, 4) is 0 Å². The molecule has 0 bridgehead atoms. The molecule has 364 valence electrons. The van der Waals surface area contributed by atoms with Crippen LogP contribution in [0, 0.1) is 0 Å². The van der Waals surface area contributed by atoms with Gasteiger partial charge in [0.2, 0.25) is 0 Å². The quantitative estimate of drug-likeness (QED) is 0.0197. The van der Waals surface area contributed by atoms with E-state index in [4.69, 9.17) is 18.5 Å². The highest BCUT2D eigenvalue weighted by Crippen LogP contribution is 2.38. The van der Waals surface area contributed by atoms with Crippen LogP contribution in [0.15, 0.2) is 85.1 Å². The summed E-state index contributed by atoms with van der Waals surface area (Å²) < 4.78 is 34.7. The third-order valence-corrected chi connectivity index (χ3v) is 11.4. The Morgan fingerprint density at radius 1 is 0.508 bits per heavy atom. The number of ether oxygens (including phenoxy) is 2. The van der Waals surface area contributed by atoms with Gasteiger partial charge in [0.1, 0.15) is 19.3 Å². The highest BCUT2D eigenvalue weighted by atomic mass is 31.2. The van der Waals surface area contributed by atoms with Crippen LogP contribution >= 0.6 is 7.82 Å². The maximum absolute atomic E-state index is 12.7. The number of esters is 1. The molecule has 2 unspecified atom stereocenters. The molecule has 0 aromatic carbocycles. The number of likely N-dealkylation sites (N-methyl/N-ethyl adjacent to an activating group) is 1. The number of unbranched alkanes of at least 4 members (excludes halogenated alkanes) is 18. The van der Waals surface area contributed by atoms with Gasteiger partial charge in [-0.2, -0.15) is 0 Å². The van der Waals surface area contributed by atoms with Gasteiger partial charge in [0.05, 0.1) is 34.4 Å². The lowest BCUT2D eigenvalue weighted by Crippen LogP contribution is -2.37. The average Bonchev–Trinajstić information content (AvgIpc) is 3.24. The fraction of sp³-hybridized carbons (Fsp3) is 0.722. The van der Waals surface area contributed by atoms with Crippen LogP contribution in [0.25, 0.3) is 0 Å².